The third-order valence-electron chi connectivity index (χ3n) is 3.24. The van der Waals surface area contributed by atoms with Crippen molar-refractivity contribution in [1.29, 1.82) is 5.26 Å². The predicted octanol–water partition coefficient (Wildman–Crippen LogP) is 2.96. The molecule has 0 saturated heterocycles. The minimum absolute atomic E-state index is 0.315. The summed E-state index contributed by atoms with van der Waals surface area (Å²) >= 11 is 0. The summed E-state index contributed by atoms with van der Waals surface area (Å²) in [5.74, 6) is -0.0729. The topological polar surface area (TPSA) is 53.2 Å². The van der Waals surface area contributed by atoms with Crippen LogP contribution in [0.2, 0.25) is 0 Å². The monoisotopic (exact) mass is 271 g/mol. The van der Waals surface area contributed by atoms with Gasteiger partial charge in [0, 0.05) is 5.56 Å². The minimum atomic E-state index is -1.46. The number of rotatable bonds is 3. The van der Waals surface area contributed by atoms with Crippen LogP contribution in [0.15, 0.2) is 42.5 Å². The fraction of sp³-hybridized carbons (Fsp3) is 0.188. The van der Waals surface area contributed by atoms with Crippen molar-refractivity contribution in [2.75, 3.05) is 7.11 Å². The Labute approximate surface area is 116 Å². The summed E-state index contributed by atoms with van der Waals surface area (Å²) in [7, 11) is 1.46. The number of benzene rings is 2. The van der Waals surface area contributed by atoms with Crippen LogP contribution < -0.4 is 4.74 Å². The number of halogens is 1. The number of aliphatic hydroxyl groups is 1. The minimum Gasteiger partial charge on any atom is -0.496 e. The van der Waals surface area contributed by atoms with Crippen LogP contribution in [0.4, 0.5) is 4.39 Å². The van der Waals surface area contributed by atoms with E-state index in [1.807, 2.05) is 6.07 Å². The van der Waals surface area contributed by atoms with E-state index in [1.165, 1.54) is 25.3 Å². The van der Waals surface area contributed by atoms with Crippen molar-refractivity contribution < 1.29 is 14.2 Å². The molecule has 0 aliphatic heterocycles. The first-order chi connectivity index (χ1) is 9.48. The van der Waals surface area contributed by atoms with Crippen molar-refractivity contribution in [2.45, 2.75) is 12.5 Å². The van der Waals surface area contributed by atoms with E-state index in [4.69, 9.17) is 10.00 Å². The molecule has 4 heteroatoms. The second-order valence-corrected chi connectivity index (χ2v) is 4.61. The van der Waals surface area contributed by atoms with Crippen LogP contribution in [-0.4, -0.2) is 12.2 Å². The van der Waals surface area contributed by atoms with Gasteiger partial charge >= 0.3 is 0 Å². The van der Waals surface area contributed by atoms with Crippen LogP contribution in [0.5, 0.6) is 5.75 Å². The van der Waals surface area contributed by atoms with Gasteiger partial charge < -0.3 is 9.84 Å². The average molecular weight is 271 g/mol. The highest BCUT2D eigenvalue weighted by Gasteiger charge is 2.29. The quantitative estimate of drug-likeness (QED) is 0.933. The van der Waals surface area contributed by atoms with Crippen LogP contribution in [0, 0.1) is 17.1 Å². The second kappa shape index (κ2) is 5.32. The smallest absolute Gasteiger partial charge is 0.125 e. The van der Waals surface area contributed by atoms with Crippen LogP contribution in [0.1, 0.15) is 23.6 Å². The summed E-state index contributed by atoms with van der Waals surface area (Å²) in [6.07, 6.45) is 0. The molecule has 102 valence electrons. The highest BCUT2D eigenvalue weighted by molar-refractivity contribution is 5.46. The van der Waals surface area contributed by atoms with Gasteiger partial charge in [-0.15, -0.1) is 0 Å². The lowest BCUT2D eigenvalue weighted by Crippen LogP contribution is -2.24. The molecule has 2 aromatic carbocycles. The zero-order chi connectivity index (χ0) is 14.8. The Kier molecular flexibility index (Phi) is 3.73. The maximum absolute atomic E-state index is 13.5. The molecule has 0 aliphatic carbocycles. The Morgan fingerprint density at radius 1 is 1.25 bits per heavy atom. The van der Waals surface area contributed by atoms with Gasteiger partial charge in [-0.3, -0.25) is 0 Å². The van der Waals surface area contributed by atoms with Crippen molar-refractivity contribution in [2.24, 2.45) is 0 Å². The van der Waals surface area contributed by atoms with Gasteiger partial charge in [-0.1, -0.05) is 12.1 Å². The number of ether oxygens (including phenoxy) is 1. The van der Waals surface area contributed by atoms with Crippen molar-refractivity contribution in [3.05, 3.63) is 65.0 Å². The van der Waals surface area contributed by atoms with Crippen molar-refractivity contribution in [3.8, 4) is 11.8 Å². The molecule has 0 saturated carbocycles. The summed E-state index contributed by atoms with van der Waals surface area (Å²) in [4.78, 5) is 0. The molecule has 0 amide bonds. The van der Waals surface area contributed by atoms with Gasteiger partial charge in [0.15, 0.2) is 0 Å². The fourth-order valence-electron chi connectivity index (χ4n) is 2.11. The highest BCUT2D eigenvalue weighted by Crippen LogP contribution is 2.36. The number of methoxy groups -OCH3 is 1. The predicted molar refractivity (Wildman–Crippen MR) is 72.8 cm³/mol. The van der Waals surface area contributed by atoms with Crippen LogP contribution in [-0.2, 0) is 5.60 Å². The molecule has 2 rings (SSSR count). The molecule has 1 N–H and O–H groups in total. The lowest BCUT2D eigenvalue weighted by Gasteiger charge is -2.26. The average Bonchev–Trinajstić information content (AvgIpc) is 2.47. The van der Waals surface area contributed by atoms with E-state index in [9.17, 15) is 9.50 Å². The van der Waals surface area contributed by atoms with E-state index in [2.05, 4.69) is 0 Å². The van der Waals surface area contributed by atoms with Crippen molar-refractivity contribution >= 4 is 0 Å². The van der Waals surface area contributed by atoms with Gasteiger partial charge in [0.25, 0.3) is 0 Å². The first kappa shape index (κ1) is 14.0. The maximum Gasteiger partial charge on any atom is 0.125 e. The van der Waals surface area contributed by atoms with Gasteiger partial charge in [-0.25, -0.2) is 4.39 Å². The zero-order valence-corrected chi connectivity index (χ0v) is 11.2. The number of nitriles is 1. The third kappa shape index (κ3) is 2.49. The standard InChI is InChI=1S/C16H14FNO2/c1-16(19,12-5-3-4-11(8-12)10-18)14-9-13(17)6-7-15(14)20-2/h3-9,19H,1-2H3. The molecule has 20 heavy (non-hydrogen) atoms. The van der Waals surface area contributed by atoms with E-state index in [1.54, 1.807) is 31.2 Å². The fourth-order valence-corrected chi connectivity index (χ4v) is 2.11. The highest BCUT2D eigenvalue weighted by atomic mass is 19.1. The molecule has 0 radical (unpaired) electrons. The molecule has 3 nitrogen and oxygen atoms in total. The third-order valence-corrected chi connectivity index (χ3v) is 3.24. The maximum atomic E-state index is 13.5. The number of hydrogen-bond donors (Lipinski definition) is 1. The molecule has 0 aromatic heterocycles. The number of nitrogens with zero attached hydrogens (tertiary/aromatic N) is 1. The van der Waals surface area contributed by atoms with Crippen LogP contribution in [0.3, 0.4) is 0 Å². The van der Waals surface area contributed by atoms with E-state index >= 15 is 0 Å². The Hall–Kier alpha value is -2.38. The van der Waals surface area contributed by atoms with Crippen LogP contribution >= 0.6 is 0 Å². The van der Waals surface area contributed by atoms with E-state index < -0.39 is 11.4 Å². The molecule has 0 heterocycles. The molecule has 1 unspecified atom stereocenters. The molecule has 1 atom stereocenters. The molecule has 0 spiro atoms. The summed E-state index contributed by atoms with van der Waals surface area (Å²) in [6.45, 7) is 1.54. The van der Waals surface area contributed by atoms with Gasteiger partial charge in [0.1, 0.15) is 17.2 Å². The largest absolute Gasteiger partial charge is 0.496 e. The molecular weight excluding hydrogens is 257 g/mol. The SMILES string of the molecule is COc1ccc(F)cc1C(C)(O)c1cccc(C#N)c1. The molecular formula is C16H14FNO2. The summed E-state index contributed by atoms with van der Waals surface area (Å²) in [5.41, 5.74) is -0.214. The lowest BCUT2D eigenvalue weighted by atomic mass is 9.87. The first-order valence-electron chi connectivity index (χ1n) is 6.06. The normalized spacial score (nSPS) is 13.3. The Morgan fingerprint density at radius 2 is 2.00 bits per heavy atom. The van der Waals surface area contributed by atoms with Crippen molar-refractivity contribution in [3.63, 3.8) is 0 Å². The Morgan fingerprint density at radius 3 is 2.65 bits per heavy atom. The molecule has 0 fully saturated rings. The zero-order valence-electron chi connectivity index (χ0n) is 11.2. The summed E-state index contributed by atoms with van der Waals surface area (Å²) in [6, 6.07) is 12.6. The first-order valence-corrected chi connectivity index (χ1v) is 6.06. The molecule has 2 aromatic rings. The van der Waals surface area contributed by atoms with E-state index in [0.29, 0.717) is 22.4 Å². The Bertz CT molecular complexity index is 674. The van der Waals surface area contributed by atoms with Gasteiger partial charge in [0.2, 0.25) is 0 Å². The van der Waals surface area contributed by atoms with Gasteiger partial charge in [-0.2, -0.15) is 5.26 Å². The second-order valence-electron chi connectivity index (χ2n) is 4.61. The Balaban J connectivity index is 2.59. The number of hydrogen-bond acceptors (Lipinski definition) is 3. The van der Waals surface area contributed by atoms with E-state index in [0.717, 1.165) is 0 Å². The van der Waals surface area contributed by atoms with E-state index in [-0.39, 0.29) is 0 Å². The summed E-state index contributed by atoms with van der Waals surface area (Å²) in [5, 5.41) is 19.7. The van der Waals surface area contributed by atoms with Crippen LogP contribution in [0.25, 0.3) is 0 Å². The van der Waals surface area contributed by atoms with Crippen molar-refractivity contribution in [1.82, 2.24) is 0 Å². The van der Waals surface area contributed by atoms with Gasteiger partial charge in [0.05, 0.1) is 18.7 Å². The molecule has 0 aliphatic rings. The van der Waals surface area contributed by atoms with Gasteiger partial charge in [-0.05, 0) is 42.8 Å². The summed E-state index contributed by atoms with van der Waals surface area (Å²) < 4.78 is 18.6. The molecule has 0 bridgehead atoms. The lowest BCUT2D eigenvalue weighted by molar-refractivity contribution is 0.0985.